The number of rotatable bonds is 41. The standard InChI is InChI=1S/C44H80N4O11S2/c1-36(30-39(49)37-31-40(50)38(45)35-61-60-34-37)18-16-17-21-46-42(52)32-58-28-27-57-25-23-48-43(53)33-59-29-26-56-24-22-47-41(51)19-14-12-10-8-6-4-2-3-5-7-9-11-13-15-20-44(54)55/h36-38H,2-35,45H2,1H3,(H,46,52)(H,47,51)(H,48,53)(H,54,55)/t36-,37+,38+/m1/s1. The van der Waals surface area contributed by atoms with Gasteiger partial charge in [-0.15, -0.1) is 0 Å². The van der Waals surface area contributed by atoms with Crippen LogP contribution in [0.3, 0.4) is 0 Å². The number of carboxylic acid groups (broad SMARTS) is 1. The number of hydrogen-bond donors (Lipinski definition) is 5. The minimum Gasteiger partial charge on any atom is -0.481 e. The molecule has 6 N–H and O–H groups in total. The lowest BCUT2D eigenvalue weighted by molar-refractivity contribution is -0.137. The molecule has 0 aliphatic carbocycles. The van der Waals surface area contributed by atoms with Gasteiger partial charge in [0.05, 0.1) is 45.7 Å². The van der Waals surface area contributed by atoms with Gasteiger partial charge in [-0.1, -0.05) is 118 Å². The van der Waals surface area contributed by atoms with Gasteiger partial charge in [0.1, 0.15) is 19.0 Å². The normalized spacial score (nSPS) is 16.1. The first-order valence-corrected chi connectivity index (χ1v) is 25.5. The number of carboxylic acids is 1. The molecule has 17 heteroatoms. The van der Waals surface area contributed by atoms with Crippen molar-refractivity contribution in [1.29, 1.82) is 0 Å². The molecule has 61 heavy (non-hydrogen) atoms. The predicted octanol–water partition coefficient (Wildman–Crippen LogP) is 5.79. The number of nitrogens with one attached hydrogen (secondary N) is 3. The molecule has 1 heterocycles. The van der Waals surface area contributed by atoms with Crippen LogP contribution in [-0.2, 0) is 47.7 Å². The summed E-state index contributed by atoms with van der Waals surface area (Å²) in [6, 6.07) is -0.487. The van der Waals surface area contributed by atoms with E-state index in [1.54, 1.807) is 21.6 Å². The molecule has 3 amide bonds. The zero-order valence-corrected chi connectivity index (χ0v) is 38.8. The van der Waals surface area contributed by atoms with Crippen molar-refractivity contribution in [3.05, 3.63) is 0 Å². The Morgan fingerprint density at radius 1 is 0.607 bits per heavy atom. The molecule has 0 bridgehead atoms. The molecule has 0 aromatic heterocycles. The second-order valence-electron chi connectivity index (χ2n) is 16.0. The van der Waals surface area contributed by atoms with E-state index in [1.165, 1.54) is 51.4 Å². The Hall–Kier alpha value is -2.28. The number of carbonyl (C=O) groups excluding carboxylic acids is 5. The van der Waals surface area contributed by atoms with Crippen molar-refractivity contribution in [2.75, 3.05) is 84.0 Å². The van der Waals surface area contributed by atoms with Crippen molar-refractivity contribution in [2.24, 2.45) is 17.6 Å². The summed E-state index contributed by atoms with van der Waals surface area (Å²) in [5.74, 6) is 0.212. The van der Waals surface area contributed by atoms with Crippen LogP contribution in [0.4, 0.5) is 0 Å². The fourth-order valence-electron chi connectivity index (χ4n) is 6.63. The third kappa shape index (κ3) is 36.9. The second-order valence-corrected chi connectivity index (χ2v) is 18.6. The number of amides is 3. The Kier molecular flexibility index (Phi) is 37.7. The number of hydrogen-bond acceptors (Lipinski definition) is 13. The van der Waals surface area contributed by atoms with E-state index in [1.807, 2.05) is 0 Å². The molecule has 0 radical (unpaired) electrons. The Labute approximate surface area is 373 Å². The number of nitrogens with two attached hydrogens (primary N) is 1. The van der Waals surface area contributed by atoms with Gasteiger partial charge in [-0.3, -0.25) is 28.8 Å². The highest BCUT2D eigenvalue weighted by atomic mass is 33.1. The molecular formula is C44H80N4O11S2. The average Bonchev–Trinajstić information content (AvgIpc) is 3.22. The number of Topliss-reactive ketones (excluding diaryl/α,β-unsaturated/α-hetero) is 2. The first-order chi connectivity index (χ1) is 29.6. The van der Waals surface area contributed by atoms with Gasteiger partial charge in [-0.05, 0) is 25.2 Å². The maximum atomic E-state index is 12.8. The highest BCUT2D eigenvalue weighted by molar-refractivity contribution is 8.76. The topological polar surface area (TPSA) is 222 Å². The zero-order valence-electron chi connectivity index (χ0n) is 37.2. The van der Waals surface area contributed by atoms with Gasteiger partial charge in [0.25, 0.3) is 0 Å². The summed E-state index contributed by atoms with van der Waals surface area (Å²) in [5.41, 5.74) is 5.88. The van der Waals surface area contributed by atoms with Crippen LogP contribution in [0, 0.1) is 11.8 Å². The van der Waals surface area contributed by atoms with E-state index in [0.717, 1.165) is 57.8 Å². The second kappa shape index (κ2) is 40.5. The van der Waals surface area contributed by atoms with Crippen molar-refractivity contribution in [1.82, 2.24) is 16.0 Å². The third-order valence-electron chi connectivity index (χ3n) is 10.3. The lowest BCUT2D eigenvalue weighted by atomic mass is 9.89. The molecule has 1 aliphatic heterocycles. The van der Waals surface area contributed by atoms with Crippen LogP contribution in [0.5, 0.6) is 0 Å². The van der Waals surface area contributed by atoms with Crippen LogP contribution in [0.25, 0.3) is 0 Å². The van der Waals surface area contributed by atoms with Gasteiger partial charge >= 0.3 is 5.97 Å². The van der Waals surface area contributed by atoms with E-state index < -0.39 is 12.0 Å². The summed E-state index contributed by atoms with van der Waals surface area (Å²) < 4.78 is 21.6. The Balaban J connectivity index is 1.81. The number of unbranched alkanes of at least 4 members (excludes halogenated alkanes) is 14. The van der Waals surface area contributed by atoms with Gasteiger partial charge in [0.15, 0.2) is 5.78 Å². The van der Waals surface area contributed by atoms with E-state index in [2.05, 4.69) is 22.9 Å². The molecular weight excluding hydrogens is 825 g/mol. The van der Waals surface area contributed by atoms with Gasteiger partial charge < -0.3 is 45.7 Å². The fraction of sp³-hybridized carbons (Fsp3) is 0.864. The smallest absolute Gasteiger partial charge is 0.303 e. The first-order valence-electron chi connectivity index (χ1n) is 23.0. The molecule has 0 aromatic rings. The highest BCUT2D eigenvalue weighted by Crippen LogP contribution is 2.30. The van der Waals surface area contributed by atoms with E-state index in [0.29, 0.717) is 70.2 Å². The van der Waals surface area contributed by atoms with E-state index >= 15 is 0 Å². The van der Waals surface area contributed by atoms with Crippen LogP contribution >= 0.6 is 21.6 Å². The minimum absolute atomic E-state index is 0.0241. The van der Waals surface area contributed by atoms with Crippen molar-refractivity contribution in [2.45, 2.75) is 148 Å². The lowest BCUT2D eigenvalue weighted by Gasteiger charge is -2.21. The number of carbonyl (C=O) groups is 6. The zero-order chi connectivity index (χ0) is 44.6. The number of ketones is 2. The van der Waals surface area contributed by atoms with E-state index in [4.69, 9.17) is 29.8 Å². The molecule has 1 saturated heterocycles. The summed E-state index contributed by atoms with van der Waals surface area (Å²) in [6.45, 7) is 5.01. The van der Waals surface area contributed by atoms with E-state index in [-0.39, 0.29) is 80.6 Å². The van der Waals surface area contributed by atoms with Crippen molar-refractivity contribution < 1.29 is 52.8 Å². The quantitative estimate of drug-likeness (QED) is 0.0362. The van der Waals surface area contributed by atoms with Crippen molar-refractivity contribution in [3.63, 3.8) is 0 Å². The molecule has 0 aromatic carbocycles. The summed E-state index contributed by atoms with van der Waals surface area (Å²) >= 11 is 0. The maximum absolute atomic E-state index is 12.8. The Morgan fingerprint density at radius 3 is 1.61 bits per heavy atom. The van der Waals surface area contributed by atoms with Gasteiger partial charge in [0.2, 0.25) is 17.7 Å². The molecule has 1 fully saturated rings. The lowest BCUT2D eigenvalue weighted by Crippen LogP contribution is -2.37. The minimum atomic E-state index is -0.694. The Morgan fingerprint density at radius 2 is 1.07 bits per heavy atom. The summed E-state index contributed by atoms with van der Waals surface area (Å²) in [5, 5.41) is 17.1. The Bertz CT molecular complexity index is 1190. The molecule has 1 aliphatic rings. The molecule has 3 atom stereocenters. The number of aliphatic carboxylic acids is 1. The monoisotopic (exact) mass is 905 g/mol. The van der Waals surface area contributed by atoms with E-state index in [9.17, 15) is 28.8 Å². The highest BCUT2D eigenvalue weighted by Gasteiger charge is 2.28. The summed E-state index contributed by atoms with van der Waals surface area (Å²) in [4.78, 5) is 71.5. The van der Waals surface area contributed by atoms with Crippen LogP contribution in [0.15, 0.2) is 0 Å². The van der Waals surface area contributed by atoms with Gasteiger partial charge in [0, 0.05) is 62.7 Å². The van der Waals surface area contributed by atoms with Crippen LogP contribution in [0.1, 0.15) is 142 Å². The molecule has 0 saturated carbocycles. The predicted molar refractivity (Wildman–Crippen MR) is 242 cm³/mol. The number of ether oxygens (including phenoxy) is 4. The maximum Gasteiger partial charge on any atom is 0.303 e. The third-order valence-corrected chi connectivity index (χ3v) is 12.8. The largest absolute Gasteiger partial charge is 0.481 e. The van der Waals surface area contributed by atoms with Crippen molar-refractivity contribution >= 4 is 56.8 Å². The first kappa shape index (κ1) is 56.7. The summed E-state index contributed by atoms with van der Waals surface area (Å²) in [6.07, 6.45) is 20.2. The van der Waals surface area contributed by atoms with Crippen molar-refractivity contribution in [3.8, 4) is 0 Å². The molecule has 354 valence electrons. The molecule has 0 unspecified atom stereocenters. The summed E-state index contributed by atoms with van der Waals surface area (Å²) in [7, 11) is 3.18. The van der Waals surface area contributed by atoms with Crippen LogP contribution in [-0.4, -0.2) is 130 Å². The van der Waals surface area contributed by atoms with Crippen LogP contribution < -0.4 is 21.7 Å². The molecule has 15 nitrogen and oxygen atoms in total. The molecule has 0 spiro atoms. The van der Waals surface area contributed by atoms with Crippen LogP contribution in [0.2, 0.25) is 0 Å². The molecule has 1 rings (SSSR count). The SMILES string of the molecule is C[C@H](CCCCNC(=O)COCCOCCNC(=O)COCCOCCNC(=O)CCCCCCCCCCCCCCCCC(=O)O)CC(=O)[C@@H]1CSSC[C@H](N)C(=O)C1. The van der Waals surface area contributed by atoms with Gasteiger partial charge in [-0.25, -0.2) is 0 Å². The average molecular weight is 905 g/mol. The fourth-order valence-corrected chi connectivity index (χ4v) is 9.13. The van der Waals surface area contributed by atoms with Gasteiger partial charge in [-0.2, -0.15) is 0 Å².